The van der Waals surface area contributed by atoms with Crippen molar-refractivity contribution in [2.75, 3.05) is 20.3 Å². The lowest BCUT2D eigenvalue weighted by Crippen LogP contribution is -2.41. The molecule has 0 unspecified atom stereocenters. The van der Waals surface area contributed by atoms with E-state index in [2.05, 4.69) is 9.89 Å². The second-order valence-electron chi connectivity index (χ2n) is 4.00. The third kappa shape index (κ3) is 3.54. The Bertz CT molecular complexity index is 200. The van der Waals surface area contributed by atoms with Gasteiger partial charge in [-0.2, -0.15) is 0 Å². The van der Waals surface area contributed by atoms with Crippen molar-refractivity contribution in [3.8, 4) is 0 Å². The van der Waals surface area contributed by atoms with Crippen LogP contribution in [-0.4, -0.2) is 43.2 Å². The third-order valence-electron chi connectivity index (χ3n) is 2.21. The molecule has 1 aliphatic rings. The van der Waals surface area contributed by atoms with Gasteiger partial charge in [-0.3, -0.25) is 4.99 Å². The molecule has 1 fully saturated rings. The van der Waals surface area contributed by atoms with Gasteiger partial charge in [-0.05, 0) is 26.7 Å². The van der Waals surface area contributed by atoms with Crippen molar-refractivity contribution in [2.24, 2.45) is 10.7 Å². The Kier molecular flexibility index (Phi) is 4.20. The van der Waals surface area contributed by atoms with Crippen LogP contribution < -0.4 is 5.73 Å². The van der Waals surface area contributed by atoms with Gasteiger partial charge < -0.3 is 15.4 Å². The molecule has 2 N–H and O–H groups in total. The number of methoxy groups -OCH3 is 1. The molecule has 0 aromatic heterocycles. The summed E-state index contributed by atoms with van der Waals surface area (Å²) in [5, 5.41) is 0. The molecule has 0 radical (unpaired) electrons. The van der Waals surface area contributed by atoms with E-state index < -0.39 is 0 Å². The van der Waals surface area contributed by atoms with Gasteiger partial charge >= 0.3 is 0 Å². The van der Waals surface area contributed by atoms with E-state index in [-0.39, 0.29) is 6.04 Å². The summed E-state index contributed by atoms with van der Waals surface area (Å²) in [4.78, 5) is 6.51. The first-order valence-electron chi connectivity index (χ1n) is 5.24. The van der Waals surface area contributed by atoms with Gasteiger partial charge in [0.05, 0.1) is 6.61 Å². The smallest absolute Gasteiger partial charge is 0.191 e. The number of nitrogens with two attached hydrogens (primary N) is 1. The van der Waals surface area contributed by atoms with Crippen LogP contribution in [0.25, 0.3) is 0 Å². The number of hydrogen-bond acceptors (Lipinski definition) is 2. The Morgan fingerprint density at radius 2 is 2.21 bits per heavy atom. The summed E-state index contributed by atoms with van der Waals surface area (Å²) in [5.74, 6) is 0.666. The predicted octanol–water partition coefficient (Wildman–Crippen LogP) is 0.820. The van der Waals surface area contributed by atoms with Gasteiger partial charge in [-0.15, -0.1) is 0 Å². The van der Waals surface area contributed by atoms with E-state index in [1.807, 2.05) is 13.8 Å². The summed E-state index contributed by atoms with van der Waals surface area (Å²) < 4.78 is 5.05. The monoisotopic (exact) mass is 199 g/mol. The van der Waals surface area contributed by atoms with E-state index in [0.29, 0.717) is 18.6 Å². The fourth-order valence-corrected chi connectivity index (χ4v) is 1.40. The van der Waals surface area contributed by atoms with Crippen LogP contribution in [0.2, 0.25) is 0 Å². The largest absolute Gasteiger partial charge is 0.383 e. The highest BCUT2D eigenvalue weighted by molar-refractivity contribution is 5.78. The van der Waals surface area contributed by atoms with Crippen molar-refractivity contribution < 1.29 is 4.74 Å². The van der Waals surface area contributed by atoms with Gasteiger partial charge in [-0.25, -0.2) is 0 Å². The molecule has 0 aliphatic heterocycles. The van der Waals surface area contributed by atoms with Crippen molar-refractivity contribution in [1.82, 2.24) is 4.90 Å². The zero-order valence-electron chi connectivity index (χ0n) is 9.36. The van der Waals surface area contributed by atoms with E-state index in [1.54, 1.807) is 7.11 Å². The van der Waals surface area contributed by atoms with E-state index in [4.69, 9.17) is 10.5 Å². The fraction of sp³-hybridized carbons (Fsp3) is 0.900. The lowest BCUT2D eigenvalue weighted by atomic mass is 10.4. The van der Waals surface area contributed by atoms with Crippen LogP contribution in [0, 0.1) is 0 Å². The second-order valence-corrected chi connectivity index (χ2v) is 4.00. The van der Waals surface area contributed by atoms with Crippen LogP contribution >= 0.6 is 0 Å². The molecule has 0 aromatic carbocycles. The molecule has 0 aromatic rings. The van der Waals surface area contributed by atoms with Crippen molar-refractivity contribution in [1.29, 1.82) is 0 Å². The topological polar surface area (TPSA) is 50.9 Å². The zero-order valence-corrected chi connectivity index (χ0v) is 9.36. The van der Waals surface area contributed by atoms with Crippen molar-refractivity contribution in [3.63, 3.8) is 0 Å². The maximum absolute atomic E-state index is 5.92. The van der Waals surface area contributed by atoms with Crippen LogP contribution in [0.1, 0.15) is 26.7 Å². The molecule has 0 bridgehead atoms. The lowest BCUT2D eigenvalue weighted by Gasteiger charge is -2.23. The van der Waals surface area contributed by atoms with Gasteiger partial charge in [0, 0.05) is 25.7 Å². The van der Waals surface area contributed by atoms with E-state index in [1.165, 1.54) is 12.8 Å². The van der Waals surface area contributed by atoms with E-state index in [0.717, 1.165) is 6.54 Å². The molecular weight excluding hydrogens is 178 g/mol. The molecule has 1 rings (SSSR count). The lowest BCUT2D eigenvalue weighted by molar-refractivity contribution is 0.173. The summed E-state index contributed by atoms with van der Waals surface area (Å²) in [5.41, 5.74) is 5.92. The first-order chi connectivity index (χ1) is 6.65. The van der Waals surface area contributed by atoms with E-state index >= 15 is 0 Å². The van der Waals surface area contributed by atoms with Gasteiger partial charge in [0.25, 0.3) is 0 Å². The number of guanidine groups is 1. The maximum atomic E-state index is 5.92. The molecule has 1 saturated carbocycles. The normalized spacial score (nSPS) is 17.6. The van der Waals surface area contributed by atoms with Crippen LogP contribution in [0.15, 0.2) is 4.99 Å². The highest BCUT2D eigenvalue weighted by Crippen LogP contribution is 2.26. The quantitative estimate of drug-likeness (QED) is 0.527. The van der Waals surface area contributed by atoms with Gasteiger partial charge in [-0.1, -0.05) is 0 Å². The van der Waals surface area contributed by atoms with Crippen LogP contribution in [0.4, 0.5) is 0 Å². The zero-order chi connectivity index (χ0) is 10.6. The van der Waals surface area contributed by atoms with Gasteiger partial charge in [0.1, 0.15) is 0 Å². The first-order valence-corrected chi connectivity index (χ1v) is 5.24. The number of rotatable bonds is 5. The molecule has 1 aliphatic carbocycles. The number of hydrogen-bond donors (Lipinski definition) is 1. The predicted molar refractivity (Wildman–Crippen MR) is 58.4 cm³/mol. The minimum atomic E-state index is 0.263. The highest BCUT2D eigenvalue weighted by atomic mass is 16.5. The molecule has 0 heterocycles. The molecule has 0 amide bonds. The standard InChI is InChI=1S/C10H21N3O/c1-8(2)12-10(11)13(6-7-14-3)9-4-5-9/h8-9H,4-7H2,1-3H3,(H2,11,12). The minimum absolute atomic E-state index is 0.263. The summed E-state index contributed by atoms with van der Waals surface area (Å²) in [7, 11) is 1.71. The maximum Gasteiger partial charge on any atom is 0.191 e. The molecule has 0 saturated heterocycles. The Balaban J connectivity index is 2.48. The average molecular weight is 199 g/mol. The van der Waals surface area contributed by atoms with Gasteiger partial charge in [0.2, 0.25) is 0 Å². The summed E-state index contributed by atoms with van der Waals surface area (Å²) >= 11 is 0. The fourth-order valence-electron chi connectivity index (χ4n) is 1.40. The van der Waals surface area contributed by atoms with Crippen molar-refractivity contribution in [3.05, 3.63) is 0 Å². The van der Waals surface area contributed by atoms with E-state index in [9.17, 15) is 0 Å². The molecule has 0 spiro atoms. The van der Waals surface area contributed by atoms with Crippen molar-refractivity contribution >= 4 is 5.96 Å². The van der Waals surface area contributed by atoms with Crippen molar-refractivity contribution in [2.45, 2.75) is 38.8 Å². The van der Waals surface area contributed by atoms with Crippen LogP contribution in [0.5, 0.6) is 0 Å². The Morgan fingerprint density at radius 1 is 1.57 bits per heavy atom. The Morgan fingerprint density at radius 3 is 2.64 bits per heavy atom. The Hall–Kier alpha value is -0.770. The summed E-state index contributed by atoms with van der Waals surface area (Å²) in [6.45, 7) is 5.64. The van der Waals surface area contributed by atoms with Crippen LogP contribution in [-0.2, 0) is 4.74 Å². The number of nitrogens with zero attached hydrogens (tertiary/aromatic N) is 2. The molecule has 0 atom stereocenters. The molecular formula is C10H21N3O. The first kappa shape index (κ1) is 11.3. The number of ether oxygens (including phenoxy) is 1. The minimum Gasteiger partial charge on any atom is -0.383 e. The van der Waals surface area contributed by atoms with Crippen LogP contribution in [0.3, 0.4) is 0 Å². The average Bonchev–Trinajstić information content (AvgIpc) is 2.87. The summed E-state index contributed by atoms with van der Waals surface area (Å²) in [6.07, 6.45) is 2.47. The molecule has 14 heavy (non-hydrogen) atoms. The van der Waals surface area contributed by atoms with Gasteiger partial charge in [0.15, 0.2) is 5.96 Å². The summed E-state index contributed by atoms with van der Waals surface area (Å²) in [6, 6.07) is 0.867. The molecule has 82 valence electrons. The molecule has 4 heteroatoms. The molecule has 4 nitrogen and oxygen atoms in total. The number of aliphatic imine (C=N–C) groups is 1. The highest BCUT2D eigenvalue weighted by Gasteiger charge is 2.30. The SMILES string of the molecule is COCCN(C(N)=NC(C)C)C1CC1. The second kappa shape index (κ2) is 5.20. The third-order valence-corrected chi connectivity index (χ3v) is 2.21. The Labute approximate surface area is 86.1 Å².